The molecular formula is C26H31Cl2N3O2. The molecule has 1 aromatic heterocycles. The molecule has 0 spiro atoms. The number of likely N-dealkylation sites (tertiary alicyclic amines) is 1. The van der Waals surface area contributed by atoms with Crippen molar-refractivity contribution >= 4 is 30.7 Å². The van der Waals surface area contributed by atoms with Crippen LogP contribution >= 0.6 is 24.8 Å². The molecule has 0 saturated carbocycles. The Labute approximate surface area is 207 Å². The number of pyridine rings is 1. The number of nitrogens with two attached hydrogens (primary N) is 1. The van der Waals surface area contributed by atoms with E-state index in [0.29, 0.717) is 30.9 Å². The zero-order valence-electron chi connectivity index (χ0n) is 18.7. The van der Waals surface area contributed by atoms with Crippen molar-refractivity contribution in [3.8, 4) is 5.75 Å². The average Bonchev–Trinajstić information content (AvgIpc) is 2.84. The molecule has 1 amide bonds. The van der Waals surface area contributed by atoms with Crippen molar-refractivity contribution in [1.29, 1.82) is 0 Å². The topological polar surface area (TPSA) is 79.5 Å². The highest BCUT2D eigenvalue weighted by molar-refractivity contribution is 5.94. The van der Waals surface area contributed by atoms with Gasteiger partial charge in [0.05, 0.1) is 5.56 Å². The first-order valence-corrected chi connectivity index (χ1v) is 10.9. The summed E-state index contributed by atoms with van der Waals surface area (Å²) in [6, 6.07) is 17.8. The quantitative estimate of drug-likeness (QED) is 0.514. The van der Waals surface area contributed by atoms with Gasteiger partial charge in [-0.1, -0.05) is 49.4 Å². The van der Waals surface area contributed by atoms with E-state index in [4.69, 9.17) is 5.73 Å². The zero-order chi connectivity index (χ0) is 21.8. The van der Waals surface area contributed by atoms with Gasteiger partial charge >= 0.3 is 0 Å². The number of rotatable bonds is 5. The van der Waals surface area contributed by atoms with Gasteiger partial charge in [0, 0.05) is 37.9 Å². The molecule has 3 N–H and O–H groups in total. The fourth-order valence-electron chi connectivity index (χ4n) is 4.38. The van der Waals surface area contributed by atoms with Gasteiger partial charge in [0.2, 0.25) is 0 Å². The Balaban J connectivity index is 0.00000193. The van der Waals surface area contributed by atoms with E-state index in [1.165, 1.54) is 5.56 Å². The standard InChI is InChI=1S/C26H29N3O2.2ClH/c1-18(20-5-3-2-4-6-20)22-14-23(17-28-16-22)26(31)29-11-9-21(10-12-29)24-13-19(15-27)7-8-25(24)30;;/h2-8,13-14,16-18,21,30H,9-12,15,27H2,1H3;2*1H. The van der Waals surface area contributed by atoms with Gasteiger partial charge in [-0.3, -0.25) is 9.78 Å². The van der Waals surface area contributed by atoms with Gasteiger partial charge < -0.3 is 15.7 Å². The third-order valence-corrected chi connectivity index (χ3v) is 6.36. The number of hydrogen-bond donors (Lipinski definition) is 2. The Kier molecular flexibility index (Phi) is 9.71. The van der Waals surface area contributed by atoms with Crippen LogP contribution in [0.1, 0.15) is 64.2 Å². The third-order valence-electron chi connectivity index (χ3n) is 6.36. The van der Waals surface area contributed by atoms with Gasteiger partial charge in [-0.2, -0.15) is 0 Å². The maximum atomic E-state index is 13.1. The Hall–Kier alpha value is -2.60. The molecule has 4 rings (SSSR count). The van der Waals surface area contributed by atoms with Crippen LogP contribution in [0.25, 0.3) is 0 Å². The number of halogens is 2. The summed E-state index contributed by atoms with van der Waals surface area (Å²) < 4.78 is 0. The second-order valence-electron chi connectivity index (χ2n) is 8.30. The molecule has 1 saturated heterocycles. The summed E-state index contributed by atoms with van der Waals surface area (Å²) in [5.74, 6) is 0.741. The Morgan fingerprint density at radius 1 is 1.06 bits per heavy atom. The van der Waals surface area contributed by atoms with Gasteiger partial charge in [-0.15, -0.1) is 24.8 Å². The lowest BCUT2D eigenvalue weighted by atomic mass is 9.87. The molecule has 33 heavy (non-hydrogen) atoms. The third kappa shape index (κ3) is 6.05. The van der Waals surface area contributed by atoms with Crippen molar-refractivity contribution in [3.63, 3.8) is 0 Å². The summed E-state index contributed by atoms with van der Waals surface area (Å²) >= 11 is 0. The van der Waals surface area contributed by atoms with E-state index in [0.717, 1.165) is 29.5 Å². The minimum atomic E-state index is 0. The van der Waals surface area contributed by atoms with Crippen LogP contribution in [0, 0.1) is 0 Å². The van der Waals surface area contributed by atoms with Crippen molar-refractivity contribution in [2.45, 2.75) is 38.1 Å². The minimum Gasteiger partial charge on any atom is -0.508 e. The van der Waals surface area contributed by atoms with Crippen LogP contribution in [-0.4, -0.2) is 34.0 Å². The van der Waals surface area contributed by atoms with Crippen LogP contribution in [0.3, 0.4) is 0 Å². The maximum absolute atomic E-state index is 13.1. The molecule has 1 aliphatic heterocycles. The Morgan fingerprint density at radius 3 is 2.42 bits per heavy atom. The molecule has 0 radical (unpaired) electrons. The predicted molar refractivity (Wildman–Crippen MR) is 137 cm³/mol. The first kappa shape index (κ1) is 26.7. The number of benzene rings is 2. The molecular weight excluding hydrogens is 457 g/mol. The molecule has 0 aliphatic carbocycles. The number of aromatic nitrogens is 1. The maximum Gasteiger partial charge on any atom is 0.255 e. The van der Waals surface area contributed by atoms with Crippen molar-refractivity contribution in [1.82, 2.24) is 9.88 Å². The number of phenolic OH excluding ortho intramolecular Hbond substituents is 1. The summed E-state index contributed by atoms with van der Waals surface area (Å²) in [7, 11) is 0. The summed E-state index contributed by atoms with van der Waals surface area (Å²) in [6.07, 6.45) is 5.14. The van der Waals surface area contributed by atoms with Gasteiger partial charge in [0.1, 0.15) is 5.75 Å². The van der Waals surface area contributed by atoms with E-state index >= 15 is 0 Å². The number of hydrogen-bond acceptors (Lipinski definition) is 4. The van der Waals surface area contributed by atoms with E-state index in [1.54, 1.807) is 12.3 Å². The largest absolute Gasteiger partial charge is 0.508 e. The number of carbonyl (C=O) groups excluding carboxylic acids is 1. The monoisotopic (exact) mass is 487 g/mol. The number of nitrogens with zero attached hydrogens (tertiary/aromatic N) is 2. The molecule has 1 aliphatic rings. The highest BCUT2D eigenvalue weighted by Crippen LogP contribution is 2.35. The van der Waals surface area contributed by atoms with E-state index in [2.05, 4.69) is 24.0 Å². The molecule has 0 bridgehead atoms. The van der Waals surface area contributed by atoms with Crippen LogP contribution in [0.15, 0.2) is 67.0 Å². The predicted octanol–water partition coefficient (Wildman–Crippen LogP) is 5.26. The van der Waals surface area contributed by atoms with Crippen LogP contribution in [0.2, 0.25) is 0 Å². The molecule has 2 aromatic carbocycles. The van der Waals surface area contributed by atoms with E-state index in [9.17, 15) is 9.90 Å². The second-order valence-corrected chi connectivity index (χ2v) is 8.30. The van der Waals surface area contributed by atoms with Gasteiger partial charge in [0.25, 0.3) is 5.91 Å². The molecule has 1 atom stereocenters. The average molecular weight is 488 g/mol. The van der Waals surface area contributed by atoms with Crippen LogP contribution in [0.4, 0.5) is 0 Å². The smallest absolute Gasteiger partial charge is 0.255 e. The van der Waals surface area contributed by atoms with Crippen LogP contribution in [-0.2, 0) is 6.54 Å². The number of carbonyl (C=O) groups is 1. The highest BCUT2D eigenvalue weighted by Gasteiger charge is 2.26. The number of amides is 1. The Morgan fingerprint density at radius 2 is 1.76 bits per heavy atom. The van der Waals surface area contributed by atoms with E-state index in [-0.39, 0.29) is 42.6 Å². The van der Waals surface area contributed by atoms with E-state index < -0.39 is 0 Å². The number of phenols is 1. The van der Waals surface area contributed by atoms with Gasteiger partial charge in [-0.05, 0) is 53.1 Å². The normalized spacial score (nSPS) is 14.7. The van der Waals surface area contributed by atoms with Crippen LogP contribution < -0.4 is 5.73 Å². The highest BCUT2D eigenvalue weighted by atomic mass is 35.5. The molecule has 1 unspecified atom stereocenters. The minimum absolute atomic E-state index is 0. The Bertz CT molecular complexity index is 1050. The lowest BCUT2D eigenvalue weighted by Gasteiger charge is -2.32. The summed E-state index contributed by atoms with van der Waals surface area (Å²) in [5, 5.41) is 10.3. The number of aromatic hydroxyl groups is 1. The van der Waals surface area contributed by atoms with Gasteiger partial charge in [0.15, 0.2) is 0 Å². The fraction of sp³-hybridized carbons (Fsp3) is 0.308. The van der Waals surface area contributed by atoms with Crippen LogP contribution in [0.5, 0.6) is 5.75 Å². The molecule has 7 heteroatoms. The van der Waals surface area contributed by atoms with Crippen molar-refractivity contribution in [2.75, 3.05) is 13.1 Å². The molecule has 5 nitrogen and oxygen atoms in total. The number of piperidine rings is 1. The lowest BCUT2D eigenvalue weighted by molar-refractivity contribution is 0.0712. The zero-order valence-corrected chi connectivity index (χ0v) is 20.3. The molecule has 2 heterocycles. The summed E-state index contributed by atoms with van der Waals surface area (Å²) in [4.78, 5) is 19.4. The first-order chi connectivity index (χ1) is 15.1. The molecule has 1 fully saturated rings. The SMILES string of the molecule is CC(c1ccccc1)c1cncc(C(=O)N2CCC(c3cc(CN)ccc3O)CC2)c1.Cl.Cl. The first-order valence-electron chi connectivity index (χ1n) is 10.9. The van der Waals surface area contributed by atoms with Crippen molar-refractivity contribution in [3.05, 3.63) is 94.8 Å². The lowest BCUT2D eigenvalue weighted by Crippen LogP contribution is -2.38. The van der Waals surface area contributed by atoms with Crippen molar-refractivity contribution in [2.24, 2.45) is 5.73 Å². The second kappa shape index (κ2) is 12.0. The van der Waals surface area contributed by atoms with Gasteiger partial charge in [-0.25, -0.2) is 0 Å². The molecule has 3 aromatic rings. The summed E-state index contributed by atoms with van der Waals surface area (Å²) in [6.45, 7) is 3.91. The van der Waals surface area contributed by atoms with E-state index in [1.807, 2.05) is 47.5 Å². The van der Waals surface area contributed by atoms with Crippen molar-refractivity contribution < 1.29 is 9.90 Å². The summed E-state index contributed by atoms with van der Waals surface area (Å²) in [5.41, 5.74) is 10.6. The fourth-order valence-corrected chi connectivity index (χ4v) is 4.38. The molecule has 176 valence electrons.